The fraction of sp³-hybridized carbons (Fsp3) is 0.478. The Balaban J connectivity index is 1.60. The number of anilines is 1. The second kappa shape index (κ2) is 7.21. The molecule has 2 aromatic rings. The molecule has 2 aliphatic heterocycles. The van der Waals surface area contributed by atoms with Gasteiger partial charge >= 0.3 is 0 Å². The second-order valence-electron chi connectivity index (χ2n) is 7.64. The lowest BCUT2D eigenvalue weighted by molar-refractivity contribution is 0.233. The Morgan fingerprint density at radius 2 is 1.56 bits per heavy atom. The molecule has 1 atom stereocenters. The van der Waals surface area contributed by atoms with E-state index in [1.807, 2.05) is 0 Å². The number of rotatable bonds is 5. The molecule has 1 unspecified atom stereocenters. The molecule has 2 aromatic carbocycles. The molecule has 2 nitrogen and oxygen atoms in total. The molecule has 2 heteroatoms. The minimum absolute atomic E-state index is 0.139. The molecule has 0 amide bonds. The summed E-state index contributed by atoms with van der Waals surface area (Å²) >= 11 is 0. The first-order chi connectivity index (χ1) is 12.3. The Morgan fingerprint density at radius 3 is 2.32 bits per heavy atom. The topological polar surface area (TPSA) is 6.48 Å². The SMILES string of the molecule is CCC1(c2ccccc2)CN(CCN2CCCCC2)c2ccccc21. The summed E-state index contributed by atoms with van der Waals surface area (Å²) in [6.45, 7) is 8.37. The van der Waals surface area contributed by atoms with Crippen LogP contribution >= 0.6 is 0 Å². The number of para-hydroxylation sites is 1. The summed E-state index contributed by atoms with van der Waals surface area (Å²) in [5.41, 5.74) is 4.57. The van der Waals surface area contributed by atoms with E-state index in [0.717, 1.165) is 19.5 Å². The Hall–Kier alpha value is -1.80. The molecule has 1 saturated heterocycles. The summed E-state index contributed by atoms with van der Waals surface area (Å²) in [5.74, 6) is 0. The summed E-state index contributed by atoms with van der Waals surface area (Å²) in [4.78, 5) is 5.29. The highest BCUT2D eigenvalue weighted by molar-refractivity contribution is 5.66. The third kappa shape index (κ3) is 3.08. The van der Waals surface area contributed by atoms with Crippen molar-refractivity contribution in [1.29, 1.82) is 0 Å². The number of piperidine rings is 1. The largest absolute Gasteiger partial charge is 0.369 e. The first-order valence-corrected chi connectivity index (χ1v) is 9.96. The molecule has 25 heavy (non-hydrogen) atoms. The first kappa shape index (κ1) is 16.7. The molecule has 0 bridgehead atoms. The number of benzene rings is 2. The fourth-order valence-electron chi connectivity index (χ4n) is 4.81. The van der Waals surface area contributed by atoms with Crippen molar-refractivity contribution in [1.82, 2.24) is 4.90 Å². The minimum Gasteiger partial charge on any atom is -0.369 e. The molecular formula is C23H30N2. The van der Waals surface area contributed by atoms with Crippen LogP contribution in [0.5, 0.6) is 0 Å². The van der Waals surface area contributed by atoms with Crippen LogP contribution in [0, 0.1) is 0 Å². The molecule has 1 fully saturated rings. The van der Waals surface area contributed by atoms with E-state index in [-0.39, 0.29) is 5.41 Å². The molecule has 0 spiro atoms. The molecule has 2 aliphatic rings. The van der Waals surface area contributed by atoms with E-state index < -0.39 is 0 Å². The van der Waals surface area contributed by atoms with Crippen LogP contribution in [0.25, 0.3) is 0 Å². The zero-order valence-electron chi connectivity index (χ0n) is 15.5. The van der Waals surface area contributed by atoms with Crippen LogP contribution in [0.1, 0.15) is 43.7 Å². The first-order valence-electron chi connectivity index (χ1n) is 9.96. The van der Waals surface area contributed by atoms with Crippen LogP contribution < -0.4 is 4.90 Å². The van der Waals surface area contributed by atoms with Crippen molar-refractivity contribution in [2.45, 2.75) is 38.0 Å². The minimum atomic E-state index is 0.139. The maximum atomic E-state index is 2.65. The molecule has 0 N–H and O–H groups in total. The van der Waals surface area contributed by atoms with Gasteiger partial charge in [-0.3, -0.25) is 0 Å². The molecule has 2 heterocycles. The highest BCUT2D eigenvalue weighted by Gasteiger charge is 2.42. The fourth-order valence-corrected chi connectivity index (χ4v) is 4.81. The normalized spacial score (nSPS) is 23.6. The van der Waals surface area contributed by atoms with Crippen molar-refractivity contribution in [3.63, 3.8) is 0 Å². The molecule has 4 rings (SSSR count). The molecule has 0 radical (unpaired) electrons. The highest BCUT2D eigenvalue weighted by Crippen LogP contribution is 2.46. The standard InChI is InChI=1S/C23H30N2/c1-2-23(20-11-5-3-6-12-20)19-25(22-14-8-7-13-21(22)23)18-17-24-15-9-4-10-16-24/h3,5-8,11-14H,2,4,9-10,15-19H2,1H3. The van der Waals surface area contributed by atoms with Crippen LogP contribution in [0.2, 0.25) is 0 Å². The molecule has 0 saturated carbocycles. The van der Waals surface area contributed by atoms with Crippen molar-refractivity contribution in [3.05, 3.63) is 65.7 Å². The van der Waals surface area contributed by atoms with Gasteiger partial charge in [-0.15, -0.1) is 0 Å². The third-order valence-corrected chi connectivity index (χ3v) is 6.29. The van der Waals surface area contributed by atoms with Gasteiger partial charge in [-0.05, 0) is 49.5 Å². The van der Waals surface area contributed by atoms with E-state index in [4.69, 9.17) is 0 Å². The molecule has 0 aliphatic carbocycles. The molecular weight excluding hydrogens is 304 g/mol. The quantitative estimate of drug-likeness (QED) is 0.783. The zero-order chi connectivity index (χ0) is 17.1. The predicted octanol–water partition coefficient (Wildman–Crippen LogP) is 4.69. The van der Waals surface area contributed by atoms with Gasteiger partial charge in [-0.2, -0.15) is 0 Å². The van der Waals surface area contributed by atoms with Gasteiger partial charge in [0.25, 0.3) is 0 Å². The monoisotopic (exact) mass is 334 g/mol. The third-order valence-electron chi connectivity index (χ3n) is 6.29. The summed E-state index contributed by atoms with van der Waals surface area (Å²) in [6, 6.07) is 20.2. The Kier molecular flexibility index (Phi) is 4.80. The van der Waals surface area contributed by atoms with E-state index in [1.165, 1.54) is 55.7 Å². The summed E-state index contributed by atoms with van der Waals surface area (Å²) < 4.78 is 0. The van der Waals surface area contributed by atoms with Gasteiger partial charge in [-0.1, -0.05) is 61.9 Å². The number of likely N-dealkylation sites (tertiary alicyclic amines) is 1. The van der Waals surface area contributed by atoms with Gasteiger partial charge in [0.05, 0.1) is 0 Å². The van der Waals surface area contributed by atoms with E-state index in [0.29, 0.717) is 0 Å². The van der Waals surface area contributed by atoms with Crippen molar-refractivity contribution >= 4 is 5.69 Å². The summed E-state index contributed by atoms with van der Waals surface area (Å²) in [5, 5.41) is 0. The lowest BCUT2D eigenvalue weighted by atomic mass is 9.74. The van der Waals surface area contributed by atoms with Gasteiger partial charge in [-0.25, -0.2) is 0 Å². The Bertz CT molecular complexity index is 690. The number of nitrogens with zero attached hydrogens (tertiary/aromatic N) is 2. The maximum absolute atomic E-state index is 2.65. The lowest BCUT2D eigenvalue weighted by Crippen LogP contribution is -2.40. The highest BCUT2D eigenvalue weighted by atomic mass is 15.2. The van der Waals surface area contributed by atoms with Crippen molar-refractivity contribution in [2.75, 3.05) is 37.6 Å². The van der Waals surface area contributed by atoms with Crippen molar-refractivity contribution in [2.24, 2.45) is 0 Å². The van der Waals surface area contributed by atoms with E-state index in [2.05, 4.69) is 71.3 Å². The summed E-state index contributed by atoms with van der Waals surface area (Å²) in [6.07, 6.45) is 5.31. The second-order valence-corrected chi connectivity index (χ2v) is 7.64. The van der Waals surface area contributed by atoms with Gasteiger partial charge in [0.15, 0.2) is 0 Å². The zero-order valence-corrected chi connectivity index (χ0v) is 15.5. The molecule has 132 valence electrons. The summed E-state index contributed by atoms with van der Waals surface area (Å²) in [7, 11) is 0. The number of fused-ring (bicyclic) bond motifs is 1. The predicted molar refractivity (Wildman–Crippen MR) is 106 cm³/mol. The average Bonchev–Trinajstić information content (AvgIpc) is 3.03. The maximum Gasteiger partial charge on any atom is 0.0409 e. The van der Waals surface area contributed by atoms with E-state index in [1.54, 1.807) is 0 Å². The van der Waals surface area contributed by atoms with Crippen LogP contribution in [0.4, 0.5) is 5.69 Å². The van der Waals surface area contributed by atoms with E-state index in [9.17, 15) is 0 Å². The van der Waals surface area contributed by atoms with Gasteiger partial charge in [0.1, 0.15) is 0 Å². The Labute approximate surface area is 152 Å². The van der Waals surface area contributed by atoms with Gasteiger partial charge in [0.2, 0.25) is 0 Å². The molecule has 0 aromatic heterocycles. The lowest BCUT2D eigenvalue weighted by Gasteiger charge is -2.32. The van der Waals surface area contributed by atoms with Crippen LogP contribution in [-0.2, 0) is 5.41 Å². The smallest absolute Gasteiger partial charge is 0.0409 e. The van der Waals surface area contributed by atoms with Gasteiger partial charge < -0.3 is 9.80 Å². The van der Waals surface area contributed by atoms with Crippen molar-refractivity contribution < 1.29 is 0 Å². The van der Waals surface area contributed by atoms with Gasteiger partial charge in [0, 0.05) is 30.7 Å². The van der Waals surface area contributed by atoms with Crippen molar-refractivity contribution in [3.8, 4) is 0 Å². The number of hydrogen-bond donors (Lipinski definition) is 0. The van der Waals surface area contributed by atoms with Crippen LogP contribution in [-0.4, -0.2) is 37.6 Å². The number of hydrogen-bond acceptors (Lipinski definition) is 2. The van der Waals surface area contributed by atoms with E-state index >= 15 is 0 Å². The Morgan fingerprint density at radius 1 is 0.840 bits per heavy atom. The van der Waals surface area contributed by atoms with Crippen LogP contribution in [0.3, 0.4) is 0 Å². The van der Waals surface area contributed by atoms with Crippen LogP contribution in [0.15, 0.2) is 54.6 Å². The average molecular weight is 335 g/mol.